The Labute approximate surface area is 168 Å². The molecule has 5 nitrogen and oxygen atoms in total. The maximum Gasteiger partial charge on any atom is 0.356 e. The highest BCUT2D eigenvalue weighted by Gasteiger charge is 2.16. The van der Waals surface area contributed by atoms with Crippen LogP contribution in [0.1, 0.15) is 34.2 Å². The van der Waals surface area contributed by atoms with E-state index in [-0.39, 0.29) is 0 Å². The lowest BCUT2D eigenvalue weighted by molar-refractivity contribution is 0.0519. The highest BCUT2D eigenvalue weighted by atomic mass is 16.5. The second-order valence-electron chi connectivity index (χ2n) is 6.63. The Kier molecular flexibility index (Phi) is 5.08. The highest BCUT2D eigenvalue weighted by Crippen LogP contribution is 2.32. The predicted molar refractivity (Wildman–Crippen MR) is 111 cm³/mol. The summed E-state index contributed by atoms with van der Waals surface area (Å²) < 4.78 is 5.07. The Morgan fingerprint density at radius 1 is 1.10 bits per heavy atom. The lowest BCUT2D eigenvalue weighted by atomic mass is 10.00. The van der Waals surface area contributed by atoms with Gasteiger partial charge in [-0.1, -0.05) is 42.5 Å². The number of hydrogen-bond donors (Lipinski definition) is 1. The molecule has 0 saturated heterocycles. The zero-order chi connectivity index (χ0) is 20.2. The van der Waals surface area contributed by atoms with Gasteiger partial charge in [0, 0.05) is 23.0 Å². The fraction of sp³-hybridized carbons (Fsp3) is 0.125. The van der Waals surface area contributed by atoms with Crippen LogP contribution < -0.4 is 0 Å². The van der Waals surface area contributed by atoms with Crippen LogP contribution >= 0.6 is 0 Å². The number of rotatable bonds is 5. The van der Waals surface area contributed by atoms with Gasteiger partial charge in [0.05, 0.1) is 23.9 Å². The number of hydrogen-bond acceptors (Lipinski definition) is 4. The number of ether oxygens (including phenoxy) is 1. The van der Waals surface area contributed by atoms with Gasteiger partial charge in [-0.3, -0.25) is 0 Å². The summed E-state index contributed by atoms with van der Waals surface area (Å²) in [5, 5.41) is 10.3. The van der Waals surface area contributed by atoms with Crippen molar-refractivity contribution in [1.82, 2.24) is 9.97 Å². The molecule has 142 valence electrons. The monoisotopic (exact) mass is 381 g/mol. The number of nitriles is 1. The summed E-state index contributed by atoms with van der Waals surface area (Å²) in [5.74, 6) is -0.421. The van der Waals surface area contributed by atoms with Crippen molar-refractivity contribution in [3.63, 3.8) is 0 Å². The third kappa shape index (κ3) is 3.74. The zero-order valence-corrected chi connectivity index (χ0v) is 16.0. The highest BCUT2D eigenvalue weighted by molar-refractivity contribution is 5.92. The Morgan fingerprint density at radius 2 is 1.93 bits per heavy atom. The maximum atomic E-state index is 12.0. The molecule has 4 aromatic rings. The summed E-state index contributed by atoms with van der Waals surface area (Å²) in [5.41, 5.74) is 5.70. The van der Waals surface area contributed by atoms with Gasteiger partial charge < -0.3 is 9.72 Å². The van der Waals surface area contributed by atoms with Gasteiger partial charge >= 0.3 is 5.97 Å². The van der Waals surface area contributed by atoms with Crippen molar-refractivity contribution < 1.29 is 9.53 Å². The fourth-order valence-electron chi connectivity index (χ4n) is 3.44. The molecule has 0 aliphatic carbocycles. The molecule has 1 N–H and O–H groups in total. The minimum Gasteiger partial charge on any atom is -0.461 e. The number of fused-ring (bicyclic) bond motifs is 1. The van der Waals surface area contributed by atoms with E-state index in [4.69, 9.17) is 4.74 Å². The van der Waals surface area contributed by atoms with Gasteiger partial charge in [-0.15, -0.1) is 0 Å². The molecule has 0 amide bonds. The Bertz CT molecular complexity index is 1220. The summed E-state index contributed by atoms with van der Waals surface area (Å²) >= 11 is 0. The molecule has 2 aromatic heterocycles. The van der Waals surface area contributed by atoms with Crippen LogP contribution in [0.2, 0.25) is 0 Å². The van der Waals surface area contributed by atoms with Gasteiger partial charge in [0.15, 0.2) is 0 Å². The van der Waals surface area contributed by atoms with Crippen LogP contribution in [-0.2, 0) is 11.2 Å². The van der Waals surface area contributed by atoms with Crippen LogP contribution in [0.4, 0.5) is 0 Å². The Morgan fingerprint density at radius 3 is 2.69 bits per heavy atom. The van der Waals surface area contributed by atoms with Crippen LogP contribution in [0, 0.1) is 11.3 Å². The number of nitrogens with one attached hydrogen (secondary N) is 1. The first kappa shape index (κ1) is 18.5. The van der Waals surface area contributed by atoms with Gasteiger partial charge in [0.2, 0.25) is 0 Å². The molecular formula is C24H19N3O2. The molecule has 0 bridgehead atoms. The molecule has 0 fully saturated rings. The molecule has 0 unspecified atom stereocenters. The molecule has 29 heavy (non-hydrogen) atoms. The molecule has 0 spiro atoms. The summed E-state index contributed by atoms with van der Waals surface area (Å²) in [6.07, 6.45) is 0.545. The van der Waals surface area contributed by atoms with E-state index >= 15 is 0 Å². The Balaban J connectivity index is 1.81. The number of aromatic amines is 1. The van der Waals surface area contributed by atoms with E-state index in [2.05, 4.69) is 16.0 Å². The van der Waals surface area contributed by atoms with Crippen molar-refractivity contribution in [3.8, 4) is 17.3 Å². The van der Waals surface area contributed by atoms with Crippen LogP contribution in [0.5, 0.6) is 0 Å². The van der Waals surface area contributed by atoms with Crippen molar-refractivity contribution in [2.45, 2.75) is 13.3 Å². The number of nitrogens with zero attached hydrogens (tertiary/aromatic N) is 2. The lowest BCUT2D eigenvalue weighted by Crippen LogP contribution is -2.08. The molecule has 0 atom stereocenters. The number of aromatic nitrogens is 2. The molecule has 2 aromatic carbocycles. The molecule has 4 rings (SSSR count). The van der Waals surface area contributed by atoms with Crippen molar-refractivity contribution in [1.29, 1.82) is 5.26 Å². The van der Waals surface area contributed by atoms with E-state index in [9.17, 15) is 10.1 Å². The maximum absolute atomic E-state index is 12.0. The topological polar surface area (TPSA) is 78.8 Å². The quantitative estimate of drug-likeness (QED) is 0.500. The van der Waals surface area contributed by atoms with E-state index in [0.29, 0.717) is 24.3 Å². The molecule has 0 aliphatic rings. The second kappa shape index (κ2) is 7.99. The average molecular weight is 381 g/mol. The van der Waals surface area contributed by atoms with Gasteiger partial charge in [-0.05, 0) is 42.3 Å². The van der Waals surface area contributed by atoms with Gasteiger partial charge in [0.25, 0.3) is 0 Å². The molecule has 0 saturated carbocycles. The van der Waals surface area contributed by atoms with Crippen molar-refractivity contribution in [2.75, 3.05) is 6.61 Å². The fourth-order valence-corrected chi connectivity index (χ4v) is 3.44. The van der Waals surface area contributed by atoms with Crippen molar-refractivity contribution >= 4 is 16.9 Å². The summed E-state index contributed by atoms with van der Waals surface area (Å²) in [7, 11) is 0. The zero-order valence-electron chi connectivity index (χ0n) is 16.0. The smallest absolute Gasteiger partial charge is 0.356 e. The van der Waals surface area contributed by atoms with Crippen LogP contribution in [0.3, 0.4) is 0 Å². The summed E-state index contributed by atoms with van der Waals surface area (Å²) in [6.45, 7) is 2.09. The van der Waals surface area contributed by atoms with E-state index in [0.717, 1.165) is 33.4 Å². The number of carbonyl (C=O) groups is 1. The summed E-state index contributed by atoms with van der Waals surface area (Å²) in [6, 6.07) is 23.2. The average Bonchev–Trinajstić information content (AvgIpc) is 3.12. The molecule has 0 aliphatic heterocycles. The first-order chi connectivity index (χ1) is 14.2. The van der Waals surface area contributed by atoms with Crippen LogP contribution in [0.15, 0.2) is 66.7 Å². The summed E-state index contributed by atoms with van der Waals surface area (Å²) in [4.78, 5) is 20.0. The van der Waals surface area contributed by atoms with Gasteiger partial charge in [-0.25, -0.2) is 9.78 Å². The number of esters is 1. The third-order valence-electron chi connectivity index (χ3n) is 4.75. The van der Waals surface area contributed by atoms with E-state index in [1.54, 1.807) is 13.0 Å². The lowest BCUT2D eigenvalue weighted by Gasteiger charge is -2.07. The van der Waals surface area contributed by atoms with Gasteiger partial charge in [0.1, 0.15) is 5.69 Å². The van der Waals surface area contributed by atoms with Crippen LogP contribution in [0.25, 0.3) is 22.2 Å². The Hall–Kier alpha value is -3.91. The number of H-pyrrole nitrogens is 1. The SMILES string of the molecule is CCOC(=O)c1cccc(Cc2c(-c3ccccc3)[nH]c3cc(C#N)ccc23)n1. The molecular weight excluding hydrogens is 362 g/mol. The number of benzene rings is 2. The number of carbonyl (C=O) groups excluding carboxylic acids is 1. The van der Waals surface area contributed by atoms with E-state index in [1.807, 2.05) is 60.7 Å². The molecule has 2 heterocycles. The molecule has 0 radical (unpaired) electrons. The van der Waals surface area contributed by atoms with Crippen LogP contribution in [-0.4, -0.2) is 22.5 Å². The van der Waals surface area contributed by atoms with Gasteiger partial charge in [-0.2, -0.15) is 5.26 Å². The molecule has 5 heteroatoms. The number of pyridine rings is 1. The standard InChI is InChI=1S/C24H19N3O2/c1-2-29-24(28)21-10-6-9-18(26-21)14-20-19-12-11-16(15-25)13-22(19)27-23(20)17-7-4-3-5-8-17/h3-13,27H,2,14H2,1H3. The van der Waals surface area contributed by atoms with E-state index in [1.165, 1.54) is 0 Å². The minimum absolute atomic E-state index is 0.303. The second-order valence-corrected chi connectivity index (χ2v) is 6.63. The minimum atomic E-state index is -0.421. The first-order valence-corrected chi connectivity index (χ1v) is 9.42. The van der Waals surface area contributed by atoms with Crippen molar-refractivity contribution in [2.24, 2.45) is 0 Å². The third-order valence-corrected chi connectivity index (χ3v) is 4.75. The first-order valence-electron chi connectivity index (χ1n) is 9.42. The normalized spacial score (nSPS) is 10.6. The largest absolute Gasteiger partial charge is 0.461 e. The van der Waals surface area contributed by atoms with Crippen molar-refractivity contribution in [3.05, 3.63) is 89.2 Å². The van der Waals surface area contributed by atoms with E-state index < -0.39 is 5.97 Å². The predicted octanol–water partition coefficient (Wildman–Crippen LogP) is 4.87.